The van der Waals surface area contributed by atoms with Crippen molar-refractivity contribution in [2.45, 2.75) is 5.92 Å². The summed E-state index contributed by atoms with van der Waals surface area (Å²) in [5, 5.41) is 9.11. The molecule has 2 aromatic rings. The molecule has 0 N–H and O–H groups in total. The zero-order valence-corrected chi connectivity index (χ0v) is 12.0. The monoisotopic (exact) mass is 353 g/mol. The van der Waals surface area contributed by atoms with E-state index in [0.717, 1.165) is 24.3 Å². The first-order valence-electron chi connectivity index (χ1n) is 5.77. The Hall–Kier alpha value is -2.13. The second-order valence-corrected chi connectivity index (χ2v) is 5.17. The highest BCUT2D eigenvalue weighted by molar-refractivity contribution is 9.10. The van der Waals surface area contributed by atoms with Gasteiger partial charge in [0.1, 0.15) is 23.4 Å². The Bertz CT molecular complexity index is 735. The summed E-state index contributed by atoms with van der Waals surface area (Å²) in [6.07, 6.45) is 0. The Morgan fingerprint density at radius 3 is 2.38 bits per heavy atom. The summed E-state index contributed by atoms with van der Waals surface area (Å²) in [6.45, 7) is 0. The third-order valence-electron chi connectivity index (χ3n) is 2.81. The molecule has 106 valence electrons. The van der Waals surface area contributed by atoms with E-state index in [4.69, 9.17) is 5.26 Å². The second kappa shape index (κ2) is 6.10. The lowest BCUT2D eigenvalue weighted by molar-refractivity contribution is 0.0977. The van der Waals surface area contributed by atoms with Gasteiger partial charge in [0, 0.05) is 21.7 Å². The molecule has 0 spiro atoms. The van der Waals surface area contributed by atoms with Crippen LogP contribution in [0.4, 0.5) is 13.2 Å². The van der Waals surface area contributed by atoms with E-state index in [-0.39, 0.29) is 11.1 Å². The van der Waals surface area contributed by atoms with Crippen LogP contribution in [-0.2, 0) is 0 Å². The van der Waals surface area contributed by atoms with Crippen LogP contribution in [0.5, 0.6) is 0 Å². The topological polar surface area (TPSA) is 40.9 Å². The molecule has 2 aromatic carbocycles. The lowest BCUT2D eigenvalue weighted by Crippen LogP contribution is -2.13. The van der Waals surface area contributed by atoms with Gasteiger partial charge in [0.15, 0.2) is 5.78 Å². The van der Waals surface area contributed by atoms with E-state index in [9.17, 15) is 18.0 Å². The number of nitrogens with zero attached hydrogens (tertiary/aromatic N) is 1. The van der Waals surface area contributed by atoms with Crippen molar-refractivity contribution >= 4 is 21.7 Å². The highest BCUT2D eigenvalue weighted by atomic mass is 79.9. The van der Waals surface area contributed by atoms with Gasteiger partial charge in [-0.3, -0.25) is 4.79 Å². The highest BCUT2D eigenvalue weighted by Crippen LogP contribution is 2.25. The van der Waals surface area contributed by atoms with Gasteiger partial charge in [-0.2, -0.15) is 5.26 Å². The van der Waals surface area contributed by atoms with Crippen molar-refractivity contribution in [1.82, 2.24) is 0 Å². The molecule has 1 unspecified atom stereocenters. The van der Waals surface area contributed by atoms with Gasteiger partial charge in [0.25, 0.3) is 0 Å². The SMILES string of the molecule is N#CC(C(=O)c1cc(F)cc(Br)c1)c1ccc(F)cc1F. The van der Waals surface area contributed by atoms with Gasteiger partial charge in [-0.15, -0.1) is 0 Å². The van der Waals surface area contributed by atoms with E-state index in [1.54, 1.807) is 6.07 Å². The Kier molecular flexibility index (Phi) is 4.43. The first-order valence-corrected chi connectivity index (χ1v) is 6.56. The number of nitriles is 1. The van der Waals surface area contributed by atoms with E-state index < -0.39 is 29.2 Å². The molecule has 0 aromatic heterocycles. The quantitative estimate of drug-likeness (QED) is 0.769. The molecule has 0 saturated carbocycles. The molecule has 1 atom stereocenters. The molecule has 6 heteroatoms. The van der Waals surface area contributed by atoms with E-state index >= 15 is 0 Å². The summed E-state index contributed by atoms with van der Waals surface area (Å²) in [5.74, 6) is -4.70. The lowest BCUT2D eigenvalue weighted by atomic mass is 9.91. The van der Waals surface area contributed by atoms with Crippen LogP contribution in [0.25, 0.3) is 0 Å². The Labute approximate surface area is 127 Å². The normalized spacial score (nSPS) is 11.8. The molecule has 0 amide bonds. The van der Waals surface area contributed by atoms with Gasteiger partial charge in [-0.1, -0.05) is 22.0 Å². The second-order valence-electron chi connectivity index (χ2n) is 4.25. The van der Waals surface area contributed by atoms with Crippen molar-refractivity contribution in [2.24, 2.45) is 0 Å². The first-order chi connectivity index (χ1) is 9.92. The minimum absolute atomic E-state index is 0.0721. The van der Waals surface area contributed by atoms with E-state index in [2.05, 4.69) is 15.9 Å². The molecule has 0 heterocycles. The van der Waals surface area contributed by atoms with E-state index in [0.29, 0.717) is 10.5 Å². The third-order valence-corrected chi connectivity index (χ3v) is 3.27. The Morgan fingerprint density at radius 2 is 1.81 bits per heavy atom. The molecule has 21 heavy (non-hydrogen) atoms. The summed E-state index contributed by atoms with van der Waals surface area (Å²) in [6, 6.07) is 7.68. The maximum Gasteiger partial charge on any atom is 0.184 e. The summed E-state index contributed by atoms with van der Waals surface area (Å²) in [7, 11) is 0. The maximum absolute atomic E-state index is 13.7. The standard InChI is InChI=1S/C15H7BrF3NO/c16-9-3-8(4-11(18)5-9)15(21)13(7-20)12-2-1-10(17)6-14(12)19/h1-6,13H. The van der Waals surface area contributed by atoms with Crippen molar-refractivity contribution in [1.29, 1.82) is 5.26 Å². The molecule has 0 radical (unpaired) electrons. The minimum Gasteiger partial charge on any atom is -0.292 e. The molecular formula is C15H7BrF3NO. The average molecular weight is 354 g/mol. The first kappa shape index (κ1) is 15.3. The van der Waals surface area contributed by atoms with Crippen molar-refractivity contribution in [3.63, 3.8) is 0 Å². The fourth-order valence-electron chi connectivity index (χ4n) is 1.87. The van der Waals surface area contributed by atoms with Crippen molar-refractivity contribution in [2.75, 3.05) is 0 Å². The summed E-state index contributed by atoms with van der Waals surface area (Å²) >= 11 is 3.03. The van der Waals surface area contributed by atoms with Crippen LogP contribution >= 0.6 is 15.9 Å². The highest BCUT2D eigenvalue weighted by Gasteiger charge is 2.25. The van der Waals surface area contributed by atoms with Gasteiger partial charge in [0.05, 0.1) is 6.07 Å². The molecule has 0 aliphatic heterocycles. The summed E-state index contributed by atoms with van der Waals surface area (Å²) < 4.78 is 40.2. The zero-order valence-electron chi connectivity index (χ0n) is 10.4. The van der Waals surface area contributed by atoms with Gasteiger partial charge in [-0.05, 0) is 24.3 Å². The van der Waals surface area contributed by atoms with Crippen LogP contribution in [0, 0.1) is 28.8 Å². The largest absolute Gasteiger partial charge is 0.292 e. The number of hydrogen-bond donors (Lipinski definition) is 0. The van der Waals surface area contributed by atoms with E-state index in [1.165, 1.54) is 6.07 Å². The predicted octanol–water partition coefficient (Wildman–Crippen LogP) is 4.36. The van der Waals surface area contributed by atoms with Crippen molar-refractivity contribution in [3.05, 3.63) is 69.4 Å². The molecular weight excluding hydrogens is 347 g/mol. The molecule has 0 fully saturated rings. The van der Waals surface area contributed by atoms with Crippen LogP contribution in [0.1, 0.15) is 21.8 Å². The Balaban J connectivity index is 2.46. The molecule has 0 aliphatic carbocycles. The molecule has 2 nitrogen and oxygen atoms in total. The number of halogens is 4. The number of carbonyl (C=O) groups is 1. The van der Waals surface area contributed by atoms with Gasteiger partial charge in [-0.25, -0.2) is 13.2 Å². The number of carbonyl (C=O) groups excluding carboxylic acids is 1. The van der Waals surface area contributed by atoms with Crippen LogP contribution in [0.2, 0.25) is 0 Å². The summed E-state index contributed by atoms with van der Waals surface area (Å²) in [5.41, 5.74) is -0.318. The van der Waals surface area contributed by atoms with Gasteiger partial charge >= 0.3 is 0 Å². The number of ketones is 1. The van der Waals surface area contributed by atoms with Crippen LogP contribution in [0.3, 0.4) is 0 Å². The fraction of sp³-hybridized carbons (Fsp3) is 0.0667. The maximum atomic E-state index is 13.7. The van der Waals surface area contributed by atoms with Gasteiger partial charge < -0.3 is 0 Å². The fourth-order valence-corrected chi connectivity index (χ4v) is 2.33. The predicted molar refractivity (Wildman–Crippen MR) is 73.1 cm³/mol. The molecule has 0 saturated heterocycles. The number of rotatable bonds is 3. The van der Waals surface area contributed by atoms with Gasteiger partial charge in [0.2, 0.25) is 0 Å². The number of benzene rings is 2. The van der Waals surface area contributed by atoms with Crippen LogP contribution in [0.15, 0.2) is 40.9 Å². The van der Waals surface area contributed by atoms with Crippen molar-refractivity contribution in [3.8, 4) is 6.07 Å². The molecule has 0 aliphatic rings. The third kappa shape index (κ3) is 3.31. The number of hydrogen-bond acceptors (Lipinski definition) is 2. The lowest BCUT2D eigenvalue weighted by Gasteiger charge is -2.10. The van der Waals surface area contributed by atoms with Crippen molar-refractivity contribution < 1.29 is 18.0 Å². The number of Topliss-reactive ketones (excluding diaryl/α,β-unsaturated/α-hetero) is 1. The van der Waals surface area contributed by atoms with Crippen LogP contribution < -0.4 is 0 Å². The average Bonchev–Trinajstić information content (AvgIpc) is 2.40. The zero-order chi connectivity index (χ0) is 15.6. The Morgan fingerprint density at radius 1 is 1.10 bits per heavy atom. The smallest absolute Gasteiger partial charge is 0.184 e. The van der Waals surface area contributed by atoms with Crippen LogP contribution in [-0.4, -0.2) is 5.78 Å². The van der Waals surface area contributed by atoms with E-state index in [1.807, 2.05) is 0 Å². The molecule has 2 rings (SSSR count). The summed E-state index contributed by atoms with van der Waals surface area (Å²) in [4.78, 5) is 12.2. The molecule has 0 bridgehead atoms. The minimum atomic E-state index is -1.47.